The molecule has 1 N–H and O–H groups in total. The average molecular weight is 428 g/mol. The molecule has 0 saturated heterocycles. The minimum atomic E-state index is -3.72. The molecule has 146 valence electrons. The van der Waals surface area contributed by atoms with Crippen LogP contribution >= 0.6 is 11.6 Å². The second-order valence-corrected chi connectivity index (χ2v) is 10.2. The lowest BCUT2D eigenvalue weighted by Gasteiger charge is -2.19. The lowest BCUT2D eigenvalue weighted by atomic mass is 10.2. The third-order valence-electron chi connectivity index (χ3n) is 4.42. The molecule has 9 heteroatoms. The highest BCUT2D eigenvalue weighted by Crippen LogP contribution is 2.36. The molecule has 0 aliphatic carbocycles. The number of hydrogen-bond donors (Lipinski definition) is 1. The van der Waals surface area contributed by atoms with Gasteiger partial charge in [0.15, 0.2) is 0 Å². The van der Waals surface area contributed by atoms with E-state index < -0.39 is 20.8 Å². The number of likely N-dealkylation sites (N-methyl/N-ethyl adjacent to an activating group) is 1. The molecular weight excluding hydrogens is 406 g/mol. The first-order chi connectivity index (χ1) is 12.8. The normalized spacial score (nSPS) is 16.7. The Morgan fingerprint density at radius 2 is 2.00 bits per heavy atom. The Balaban J connectivity index is 1.66. The van der Waals surface area contributed by atoms with Crippen molar-refractivity contribution in [2.75, 3.05) is 38.0 Å². The number of anilines is 1. The number of nitrogens with one attached hydrogen (secondary N) is 1. The molecule has 6 nitrogen and oxygen atoms in total. The number of halogens is 1. The Morgan fingerprint density at radius 1 is 1.26 bits per heavy atom. The molecule has 3 rings (SSSR count). The van der Waals surface area contributed by atoms with Gasteiger partial charge in [-0.3, -0.25) is 4.21 Å². The van der Waals surface area contributed by atoms with Gasteiger partial charge in [0.1, 0.15) is 4.90 Å². The van der Waals surface area contributed by atoms with Crippen molar-refractivity contribution in [3.63, 3.8) is 0 Å². The van der Waals surface area contributed by atoms with Crippen molar-refractivity contribution in [3.05, 3.63) is 53.1 Å². The molecule has 0 spiro atoms. The highest BCUT2D eigenvalue weighted by atomic mass is 35.5. The van der Waals surface area contributed by atoms with Crippen molar-refractivity contribution in [2.45, 2.75) is 16.3 Å². The van der Waals surface area contributed by atoms with Crippen LogP contribution in [0.5, 0.6) is 0 Å². The van der Waals surface area contributed by atoms with Crippen molar-refractivity contribution >= 4 is 38.1 Å². The Morgan fingerprint density at radius 3 is 2.74 bits per heavy atom. The average Bonchev–Trinajstić information content (AvgIpc) is 2.93. The number of benzene rings is 2. The number of sulfonamides is 1. The summed E-state index contributed by atoms with van der Waals surface area (Å²) in [5.41, 5.74) is 1.74. The van der Waals surface area contributed by atoms with Gasteiger partial charge in [-0.1, -0.05) is 29.8 Å². The number of nitrogens with zero attached hydrogens (tertiary/aromatic N) is 2. The van der Waals surface area contributed by atoms with E-state index in [1.54, 1.807) is 12.1 Å². The Kier molecular flexibility index (Phi) is 6.22. The SMILES string of the molecule is CN1CS(=O)c2c1cccc2S(=O)(=O)N(C)CCNCc1cccc(Cl)c1. The lowest BCUT2D eigenvalue weighted by molar-refractivity contribution is 0.457. The van der Waals surface area contributed by atoms with Crippen LogP contribution in [0.4, 0.5) is 5.69 Å². The van der Waals surface area contributed by atoms with Crippen molar-refractivity contribution in [1.82, 2.24) is 9.62 Å². The van der Waals surface area contributed by atoms with Gasteiger partial charge in [0.25, 0.3) is 0 Å². The molecule has 0 saturated carbocycles. The van der Waals surface area contributed by atoms with Crippen molar-refractivity contribution in [3.8, 4) is 0 Å². The molecule has 0 bridgehead atoms. The summed E-state index contributed by atoms with van der Waals surface area (Å²) in [6, 6.07) is 12.5. The summed E-state index contributed by atoms with van der Waals surface area (Å²) in [6.07, 6.45) is 0. The van der Waals surface area contributed by atoms with Crippen molar-refractivity contribution in [2.24, 2.45) is 0 Å². The molecule has 2 aromatic carbocycles. The Labute approximate surface area is 167 Å². The topological polar surface area (TPSA) is 69.7 Å². The van der Waals surface area contributed by atoms with Gasteiger partial charge >= 0.3 is 0 Å². The molecule has 0 radical (unpaired) electrons. The molecule has 0 amide bonds. The van der Waals surface area contributed by atoms with Crippen LogP contribution < -0.4 is 10.2 Å². The summed E-state index contributed by atoms with van der Waals surface area (Å²) in [5, 5.41) is 3.89. The van der Waals surface area contributed by atoms with Crippen LogP contribution in [-0.2, 0) is 27.4 Å². The van der Waals surface area contributed by atoms with Gasteiger partial charge in [0, 0.05) is 38.8 Å². The van der Waals surface area contributed by atoms with E-state index in [0.29, 0.717) is 41.1 Å². The standard InChI is InChI=1S/C18H22ClN3O3S2/c1-21-13-26(23)18-16(21)7-4-8-17(18)27(24,25)22(2)10-9-20-12-14-5-3-6-15(19)11-14/h3-8,11,20H,9-10,12-13H2,1-2H3. The summed E-state index contributed by atoms with van der Waals surface area (Å²) in [4.78, 5) is 2.34. The predicted octanol–water partition coefficient (Wildman–Crippen LogP) is 2.27. The number of fused-ring (bicyclic) bond motifs is 1. The van der Waals surface area contributed by atoms with E-state index in [2.05, 4.69) is 5.32 Å². The number of rotatable bonds is 7. The van der Waals surface area contributed by atoms with Crippen LogP contribution in [0.1, 0.15) is 5.56 Å². The Hall–Kier alpha value is -1.45. The van der Waals surface area contributed by atoms with Crippen LogP contribution in [0.25, 0.3) is 0 Å². The highest BCUT2D eigenvalue weighted by Gasteiger charge is 2.32. The zero-order chi connectivity index (χ0) is 19.6. The highest BCUT2D eigenvalue weighted by molar-refractivity contribution is 7.91. The van der Waals surface area contributed by atoms with E-state index in [1.807, 2.05) is 36.2 Å². The number of hydrogen-bond acceptors (Lipinski definition) is 5. The zero-order valence-electron chi connectivity index (χ0n) is 15.2. The fourth-order valence-electron chi connectivity index (χ4n) is 2.95. The first-order valence-electron chi connectivity index (χ1n) is 8.45. The maximum atomic E-state index is 13.0. The van der Waals surface area contributed by atoms with E-state index in [4.69, 9.17) is 11.6 Å². The summed E-state index contributed by atoms with van der Waals surface area (Å²) in [7, 11) is -1.72. The van der Waals surface area contributed by atoms with Gasteiger partial charge in [-0.15, -0.1) is 0 Å². The summed E-state index contributed by atoms with van der Waals surface area (Å²) >= 11 is 5.96. The monoisotopic (exact) mass is 427 g/mol. The summed E-state index contributed by atoms with van der Waals surface area (Å²) < 4.78 is 39.6. The van der Waals surface area contributed by atoms with E-state index in [0.717, 1.165) is 5.56 Å². The van der Waals surface area contributed by atoms with Gasteiger partial charge in [0.2, 0.25) is 10.0 Å². The van der Waals surface area contributed by atoms with Crippen LogP contribution in [-0.4, -0.2) is 50.0 Å². The van der Waals surface area contributed by atoms with Gasteiger partial charge in [-0.2, -0.15) is 4.31 Å². The predicted molar refractivity (Wildman–Crippen MR) is 109 cm³/mol. The Bertz CT molecular complexity index is 966. The molecule has 0 fully saturated rings. The van der Waals surface area contributed by atoms with Crippen molar-refractivity contribution in [1.29, 1.82) is 0 Å². The molecule has 27 heavy (non-hydrogen) atoms. The smallest absolute Gasteiger partial charge is 0.244 e. The fraction of sp³-hybridized carbons (Fsp3) is 0.333. The third kappa shape index (κ3) is 4.35. The second-order valence-electron chi connectivity index (χ2n) is 6.41. The van der Waals surface area contributed by atoms with Gasteiger partial charge < -0.3 is 10.2 Å². The van der Waals surface area contributed by atoms with Gasteiger partial charge in [-0.05, 0) is 29.8 Å². The summed E-state index contributed by atoms with van der Waals surface area (Å²) in [5.74, 6) is 0.312. The summed E-state index contributed by atoms with van der Waals surface area (Å²) in [6.45, 7) is 1.39. The van der Waals surface area contributed by atoms with Crippen LogP contribution in [0.2, 0.25) is 5.02 Å². The van der Waals surface area contributed by atoms with Crippen molar-refractivity contribution < 1.29 is 12.6 Å². The van der Waals surface area contributed by atoms with Crippen LogP contribution in [0, 0.1) is 0 Å². The minimum Gasteiger partial charge on any atom is -0.361 e. The molecule has 0 aromatic heterocycles. The van der Waals surface area contributed by atoms with Gasteiger partial charge in [0.05, 0.1) is 27.3 Å². The maximum Gasteiger partial charge on any atom is 0.244 e. The molecular formula is C18H22ClN3O3S2. The molecule has 1 heterocycles. The first kappa shape index (κ1) is 20.3. The van der Waals surface area contributed by atoms with E-state index in [9.17, 15) is 12.6 Å². The molecule has 2 aromatic rings. The maximum absolute atomic E-state index is 13.0. The van der Waals surface area contributed by atoms with Crippen LogP contribution in [0.15, 0.2) is 52.3 Å². The van der Waals surface area contributed by atoms with E-state index in [-0.39, 0.29) is 4.90 Å². The van der Waals surface area contributed by atoms with Crippen LogP contribution in [0.3, 0.4) is 0 Å². The fourth-order valence-corrected chi connectivity index (χ4v) is 6.38. The lowest BCUT2D eigenvalue weighted by Crippen LogP contribution is -2.34. The van der Waals surface area contributed by atoms with E-state index >= 15 is 0 Å². The molecule has 1 aliphatic heterocycles. The molecule has 1 unspecified atom stereocenters. The second kappa shape index (κ2) is 8.28. The first-order valence-corrected chi connectivity index (χ1v) is 11.6. The van der Waals surface area contributed by atoms with E-state index in [1.165, 1.54) is 17.4 Å². The zero-order valence-corrected chi connectivity index (χ0v) is 17.6. The minimum absolute atomic E-state index is 0.125. The van der Waals surface area contributed by atoms with Gasteiger partial charge in [-0.25, -0.2) is 8.42 Å². The quantitative estimate of drug-likeness (QED) is 0.686. The third-order valence-corrected chi connectivity index (χ3v) is 8.19. The molecule has 1 aliphatic rings. The molecule has 1 atom stereocenters. The largest absolute Gasteiger partial charge is 0.361 e.